The van der Waals surface area contributed by atoms with E-state index in [0.717, 1.165) is 6.07 Å². The molecule has 1 N–H and O–H groups in total. The van der Waals surface area contributed by atoms with Gasteiger partial charge < -0.3 is 14.7 Å². The van der Waals surface area contributed by atoms with Crippen molar-refractivity contribution < 1.29 is 23.4 Å². The van der Waals surface area contributed by atoms with Gasteiger partial charge in [0.25, 0.3) is 5.91 Å². The van der Waals surface area contributed by atoms with E-state index >= 15 is 0 Å². The number of aromatic hydroxyl groups is 1. The maximum atomic E-state index is 14.2. The molecule has 1 atom stereocenters. The number of amides is 1. The monoisotopic (exact) mass is 439 g/mol. The van der Waals surface area contributed by atoms with Gasteiger partial charge in [-0.3, -0.25) is 19.3 Å². The molecule has 0 saturated carbocycles. The molecule has 1 aromatic heterocycles. The Morgan fingerprint density at radius 3 is 2.28 bits per heavy atom. The molecule has 0 spiro atoms. The van der Waals surface area contributed by atoms with Crippen LogP contribution in [0.5, 0.6) is 5.75 Å². The second-order valence-electron chi connectivity index (χ2n) is 7.67. The van der Waals surface area contributed by atoms with Crippen LogP contribution >= 0.6 is 0 Å². The highest BCUT2D eigenvalue weighted by atomic mass is 19.1. The molecule has 0 unspecified atom stereocenters. The molecule has 1 fully saturated rings. The van der Waals surface area contributed by atoms with E-state index in [1.165, 1.54) is 40.0 Å². The Hall–Kier alpha value is -3.72. The maximum Gasteiger partial charge on any atom is 0.278 e. The predicted octanol–water partition coefficient (Wildman–Crippen LogP) is 2.37. The van der Waals surface area contributed by atoms with Crippen LogP contribution in [0, 0.1) is 11.6 Å². The highest BCUT2D eigenvalue weighted by Crippen LogP contribution is 2.36. The number of morpholine rings is 1. The van der Waals surface area contributed by atoms with E-state index < -0.39 is 40.9 Å². The molecule has 0 bridgehead atoms. The Labute approximate surface area is 181 Å². The van der Waals surface area contributed by atoms with Gasteiger partial charge in [0.15, 0.2) is 11.4 Å². The number of carbonyl (C=O) groups excluding carboxylic acids is 1. The third-order valence-electron chi connectivity index (χ3n) is 5.77. The number of hydrogen-bond donors (Lipinski definition) is 1. The van der Waals surface area contributed by atoms with Crippen molar-refractivity contribution in [2.75, 3.05) is 24.8 Å². The summed E-state index contributed by atoms with van der Waals surface area (Å²) in [6, 6.07) is 12.2. The minimum Gasteiger partial charge on any atom is -0.502 e. The number of rotatable bonds is 3. The number of pyridine rings is 1. The lowest BCUT2D eigenvalue weighted by atomic mass is 9.96. The third kappa shape index (κ3) is 3.21. The minimum atomic E-state index is -0.760. The van der Waals surface area contributed by atoms with Gasteiger partial charge in [0.1, 0.15) is 17.8 Å². The normalized spacial score (nSPS) is 18.0. The topological polar surface area (TPSA) is 75.0 Å². The Morgan fingerprint density at radius 2 is 1.66 bits per heavy atom. The Bertz CT molecular complexity index is 1220. The van der Waals surface area contributed by atoms with Gasteiger partial charge in [-0.2, -0.15) is 0 Å². The van der Waals surface area contributed by atoms with Crippen LogP contribution in [-0.4, -0.2) is 46.5 Å². The van der Waals surface area contributed by atoms with Crippen LogP contribution in [0.1, 0.15) is 27.7 Å². The molecule has 2 aromatic carbocycles. The first kappa shape index (κ1) is 20.2. The summed E-state index contributed by atoms with van der Waals surface area (Å²) in [6.07, 6.45) is 0.745. The highest BCUT2D eigenvalue weighted by molar-refractivity contribution is 5.96. The van der Waals surface area contributed by atoms with E-state index in [0.29, 0.717) is 17.7 Å². The van der Waals surface area contributed by atoms with Crippen molar-refractivity contribution >= 4 is 5.91 Å². The molecular weight excluding hydrogens is 420 g/mol. The number of halogens is 2. The standard InChI is InChI=1S/C23H19F2N3O4/c24-16-5-1-3-14(11-16)20(15-4-2-6-17(25)12-15)28-19-13-32-10-9-26(19)23(31)21-22(30)18(29)7-8-27(21)28/h1-8,11-12,19-20,30H,9-10,13H2/t19-/m1/s1. The van der Waals surface area contributed by atoms with Gasteiger partial charge in [0.05, 0.1) is 19.3 Å². The Balaban J connectivity index is 1.79. The molecule has 5 rings (SSSR count). The average Bonchev–Trinajstić information content (AvgIpc) is 2.78. The number of hydrogen-bond acceptors (Lipinski definition) is 5. The van der Waals surface area contributed by atoms with Crippen molar-refractivity contribution in [2.45, 2.75) is 12.2 Å². The summed E-state index contributed by atoms with van der Waals surface area (Å²) < 4.78 is 35.5. The molecule has 164 valence electrons. The summed E-state index contributed by atoms with van der Waals surface area (Å²) in [4.78, 5) is 26.8. The summed E-state index contributed by atoms with van der Waals surface area (Å²) in [6.45, 7) is 0.666. The van der Waals surface area contributed by atoms with E-state index in [2.05, 4.69) is 0 Å². The molecule has 32 heavy (non-hydrogen) atoms. The van der Waals surface area contributed by atoms with Crippen molar-refractivity contribution in [3.05, 3.63) is 99.5 Å². The lowest BCUT2D eigenvalue weighted by molar-refractivity contribution is -0.0197. The fraction of sp³-hybridized carbons (Fsp3) is 0.217. The zero-order valence-corrected chi connectivity index (χ0v) is 16.8. The van der Waals surface area contributed by atoms with Crippen molar-refractivity contribution in [3.8, 4) is 5.75 Å². The van der Waals surface area contributed by atoms with Crippen molar-refractivity contribution in [3.63, 3.8) is 0 Å². The van der Waals surface area contributed by atoms with Crippen LogP contribution in [0.4, 0.5) is 8.78 Å². The van der Waals surface area contributed by atoms with Gasteiger partial charge in [-0.15, -0.1) is 0 Å². The van der Waals surface area contributed by atoms with Crippen LogP contribution in [0.3, 0.4) is 0 Å². The van der Waals surface area contributed by atoms with Crippen LogP contribution in [-0.2, 0) is 4.74 Å². The van der Waals surface area contributed by atoms with Gasteiger partial charge >= 0.3 is 0 Å². The smallest absolute Gasteiger partial charge is 0.278 e. The summed E-state index contributed by atoms with van der Waals surface area (Å²) >= 11 is 0. The van der Waals surface area contributed by atoms with Crippen LogP contribution in [0.15, 0.2) is 65.6 Å². The first-order valence-electron chi connectivity index (χ1n) is 10.1. The molecule has 0 aliphatic carbocycles. The molecule has 7 nitrogen and oxygen atoms in total. The second kappa shape index (κ2) is 7.76. The van der Waals surface area contributed by atoms with E-state index in [1.807, 2.05) is 0 Å². The number of fused-ring (bicyclic) bond motifs is 2. The summed E-state index contributed by atoms with van der Waals surface area (Å²) in [5.74, 6) is -2.14. The van der Waals surface area contributed by atoms with Gasteiger partial charge in [-0.1, -0.05) is 24.3 Å². The van der Waals surface area contributed by atoms with Crippen molar-refractivity contribution in [1.29, 1.82) is 0 Å². The second-order valence-corrected chi connectivity index (χ2v) is 7.67. The lowest BCUT2D eigenvalue weighted by Gasteiger charge is -2.51. The van der Waals surface area contributed by atoms with Gasteiger partial charge in [-0.05, 0) is 35.4 Å². The quantitative estimate of drug-likeness (QED) is 0.678. The summed E-state index contributed by atoms with van der Waals surface area (Å²) in [5, 5.41) is 12.2. The Morgan fingerprint density at radius 1 is 1.00 bits per heavy atom. The zero-order valence-electron chi connectivity index (χ0n) is 16.8. The highest BCUT2D eigenvalue weighted by Gasteiger charge is 2.44. The molecular formula is C23H19F2N3O4. The summed E-state index contributed by atoms with van der Waals surface area (Å²) in [7, 11) is 0. The van der Waals surface area contributed by atoms with Crippen LogP contribution in [0.2, 0.25) is 0 Å². The Kier molecular flexibility index (Phi) is 4.90. The first-order chi connectivity index (χ1) is 15.5. The van der Waals surface area contributed by atoms with Crippen molar-refractivity contribution in [2.24, 2.45) is 0 Å². The maximum absolute atomic E-state index is 14.2. The van der Waals surface area contributed by atoms with E-state index in [9.17, 15) is 23.5 Å². The van der Waals surface area contributed by atoms with Gasteiger partial charge in [0, 0.05) is 18.8 Å². The number of carbonyl (C=O) groups is 1. The molecule has 3 heterocycles. The first-order valence-corrected chi connectivity index (χ1v) is 10.1. The van der Waals surface area contributed by atoms with Gasteiger partial charge in [-0.25, -0.2) is 8.78 Å². The number of nitrogens with zero attached hydrogens (tertiary/aromatic N) is 3. The molecule has 0 radical (unpaired) electrons. The summed E-state index contributed by atoms with van der Waals surface area (Å²) in [5.41, 5.74) is 0.108. The van der Waals surface area contributed by atoms with Gasteiger partial charge in [0.2, 0.25) is 5.43 Å². The molecule has 9 heteroatoms. The van der Waals surface area contributed by atoms with E-state index in [1.54, 1.807) is 29.3 Å². The largest absolute Gasteiger partial charge is 0.502 e. The van der Waals surface area contributed by atoms with E-state index in [-0.39, 0.29) is 18.8 Å². The molecule has 2 aliphatic rings. The molecule has 1 amide bonds. The van der Waals surface area contributed by atoms with Crippen LogP contribution < -0.4 is 10.4 Å². The zero-order chi connectivity index (χ0) is 22.4. The number of benzene rings is 2. The molecule has 1 saturated heterocycles. The lowest BCUT2D eigenvalue weighted by Crippen LogP contribution is -2.66. The SMILES string of the molecule is O=C1c2c(O)c(=O)ccn2N(C(c2cccc(F)c2)c2cccc(F)c2)[C@@H]2COCCN12. The van der Waals surface area contributed by atoms with E-state index in [4.69, 9.17) is 4.74 Å². The fourth-order valence-electron chi connectivity index (χ4n) is 4.38. The minimum absolute atomic E-state index is 0.138. The average molecular weight is 439 g/mol. The fourth-order valence-corrected chi connectivity index (χ4v) is 4.38. The van der Waals surface area contributed by atoms with Crippen LogP contribution in [0.25, 0.3) is 0 Å². The molecule has 2 aliphatic heterocycles. The number of ether oxygens (including phenoxy) is 1. The number of aromatic nitrogens is 1. The predicted molar refractivity (Wildman–Crippen MR) is 111 cm³/mol. The molecule has 3 aromatic rings. The third-order valence-corrected chi connectivity index (χ3v) is 5.77. The van der Waals surface area contributed by atoms with Crippen molar-refractivity contribution in [1.82, 2.24) is 9.58 Å².